The van der Waals surface area contributed by atoms with Crippen LogP contribution in [0.15, 0.2) is 30.3 Å². The van der Waals surface area contributed by atoms with E-state index in [-0.39, 0.29) is 24.0 Å². The van der Waals surface area contributed by atoms with Gasteiger partial charge in [0.25, 0.3) is 0 Å². The summed E-state index contributed by atoms with van der Waals surface area (Å²) < 4.78 is 16.3. The molecule has 0 aliphatic carbocycles. The van der Waals surface area contributed by atoms with Crippen LogP contribution in [0.4, 0.5) is 16.2 Å². The number of nitrogens with zero attached hydrogens (tertiary/aromatic N) is 2. The predicted molar refractivity (Wildman–Crippen MR) is 162 cm³/mol. The number of hydrogen-bond acceptors (Lipinski definition) is 7. The Labute approximate surface area is 248 Å². The minimum Gasteiger partial charge on any atom is -0.465 e. The highest BCUT2D eigenvalue weighted by Gasteiger charge is 2.47. The van der Waals surface area contributed by atoms with Gasteiger partial charge in [0.1, 0.15) is 5.60 Å². The number of fused-ring (bicyclic) bond motifs is 2. The molecule has 0 saturated carbocycles. The molecule has 9 heteroatoms. The van der Waals surface area contributed by atoms with Gasteiger partial charge in [0.2, 0.25) is 5.91 Å². The molecule has 2 aromatic carbocycles. The molecule has 0 atom stereocenters. The summed E-state index contributed by atoms with van der Waals surface area (Å²) in [6, 6.07) is 10.3. The molecule has 2 saturated heterocycles. The van der Waals surface area contributed by atoms with Crippen molar-refractivity contribution < 1.29 is 28.6 Å². The van der Waals surface area contributed by atoms with Gasteiger partial charge in [-0.3, -0.25) is 4.79 Å². The highest BCUT2D eigenvalue weighted by molar-refractivity contribution is 6.07. The van der Waals surface area contributed by atoms with Gasteiger partial charge in [0.05, 0.1) is 18.1 Å². The lowest BCUT2D eigenvalue weighted by atomic mass is 9.75. The fourth-order valence-electron chi connectivity index (χ4n) is 6.62. The molecule has 2 fully saturated rings. The summed E-state index contributed by atoms with van der Waals surface area (Å²) in [7, 11) is 1.40. The number of carbonyl (C=O) groups excluding carboxylic acids is 3. The molecule has 3 aliphatic heterocycles. The van der Waals surface area contributed by atoms with Crippen molar-refractivity contribution in [3.8, 4) is 11.1 Å². The molecule has 5 rings (SSSR count). The summed E-state index contributed by atoms with van der Waals surface area (Å²) >= 11 is 0. The molecule has 0 radical (unpaired) electrons. The van der Waals surface area contributed by atoms with Crippen molar-refractivity contribution in [3.05, 3.63) is 47.0 Å². The third-order valence-corrected chi connectivity index (χ3v) is 8.89. The molecule has 1 spiro atoms. The van der Waals surface area contributed by atoms with Gasteiger partial charge < -0.3 is 29.3 Å². The molecule has 226 valence electrons. The molecule has 3 heterocycles. The number of nitrogens with one attached hydrogen (secondary N) is 1. The van der Waals surface area contributed by atoms with E-state index in [1.807, 2.05) is 45.9 Å². The van der Waals surface area contributed by atoms with Crippen LogP contribution >= 0.6 is 0 Å². The molecule has 0 aromatic heterocycles. The van der Waals surface area contributed by atoms with Gasteiger partial charge in [-0.2, -0.15) is 0 Å². The van der Waals surface area contributed by atoms with Crippen LogP contribution in [0.2, 0.25) is 0 Å². The van der Waals surface area contributed by atoms with Crippen molar-refractivity contribution in [2.24, 2.45) is 0 Å². The average molecular weight is 578 g/mol. The first-order valence-electron chi connectivity index (χ1n) is 15.0. The topological polar surface area (TPSA) is 97.4 Å². The average Bonchev–Trinajstić information content (AvgIpc) is 3.23. The van der Waals surface area contributed by atoms with Crippen LogP contribution in [-0.4, -0.2) is 74.5 Å². The second-order valence-corrected chi connectivity index (χ2v) is 12.6. The summed E-state index contributed by atoms with van der Waals surface area (Å²) in [5, 5.41) is 3.12. The van der Waals surface area contributed by atoms with E-state index in [2.05, 4.69) is 29.3 Å². The maximum absolute atomic E-state index is 13.1. The molecule has 42 heavy (non-hydrogen) atoms. The second kappa shape index (κ2) is 11.6. The zero-order chi connectivity index (χ0) is 30.2. The normalized spacial score (nSPS) is 18.4. The van der Waals surface area contributed by atoms with Crippen LogP contribution in [0.3, 0.4) is 0 Å². The molecular weight excluding hydrogens is 534 g/mol. The molecule has 0 unspecified atom stereocenters. The summed E-state index contributed by atoms with van der Waals surface area (Å²) in [4.78, 5) is 42.8. The quantitative estimate of drug-likeness (QED) is 0.457. The fourth-order valence-corrected chi connectivity index (χ4v) is 6.62. The van der Waals surface area contributed by atoms with Gasteiger partial charge in [-0.1, -0.05) is 12.1 Å². The third kappa shape index (κ3) is 5.59. The lowest BCUT2D eigenvalue weighted by Crippen LogP contribution is -2.48. The lowest BCUT2D eigenvalue weighted by Gasteiger charge is -2.40. The molecular formula is C33H43N3O6. The second-order valence-electron chi connectivity index (χ2n) is 12.6. The Kier molecular flexibility index (Phi) is 8.25. The van der Waals surface area contributed by atoms with Crippen LogP contribution in [0.5, 0.6) is 0 Å². The molecule has 0 bridgehead atoms. The van der Waals surface area contributed by atoms with E-state index in [1.54, 1.807) is 4.90 Å². The fraction of sp³-hybridized carbons (Fsp3) is 0.545. The summed E-state index contributed by atoms with van der Waals surface area (Å²) in [5.74, 6) is -0.352. The van der Waals surface area contributed by atoms with Crippen LogP contribution in [0.1, 0.15) is 74.9 Å². The number of esters is 1. The SMILES string of the molecule is CCN(c1cc(-c2ccc3c(c2)NC(=O)C32CCOCC2)cc(C(=O)OC)c1C)C1CCN(C(=O)OC(C)(C)C)CC1. The Morgan fingerprint density at radius 3 is 2.40 bits per heavy atom. The summed E-state index contributed by atoms with van der Waals surface area (Å²) in [6.45, 7) is 12.8. The number of carbonyl (C=O) groups is 3. The van der Waals surface area contributed by atoms with Crippen molar-refractivity contribution in [1.29, 1.82) is 0 Å². The van der Waals surface area contributed by atoms with Crippen molar-refractivity contribution >= 4 is 29.3 Å². The number of likely N-dealkylation sites (tertiary alicyclic amines) is 1. The van der Waals surface area contributed by atoms with E-state index >= 15 is 0 Å². The van der Waals surface area contributed by atoms with E-state index in [0.717, 1.165) is 53.0 Å². The number of ether oxygens (including phenoxy) is 3. The van der Waals surface area contributed by atoms with Crippen LogP contribution in [0.25, 0.3) is 11.1 Å². The van der Waals surface area contributed by atoms with Crippen LogP contribution < -0.4 is 10.2 Å². The van der Waals surface area contributed by atoms with Crippen molar-refractivity contribution in [2.75, 3.05) is 50.2 Å². The van der Waals surface area contributed by atoms with E-state index in [0.29, 0.717) is 44.7 Å². The Morgan fingerprint density at radius 2 is 1.79 bits per heavy atom. The number of amides is 2. The van der Waals surface area contributed by atoms with Crippen LogP contribution in [0, 0.1) is 6.92 Å². The standard InChI is InChI=1S/C33H43N3O6/c1-7-36(24-10-14-35(15-11-24)31(39)42-32(3,4)5)28-20-23(18-25(21(28)2)29(37)40-6)22-8-9-26-27(19-22)34-30(38)33(26)12-16-41-17-13-33/h8-9,18-20,24H,7,10-17H2,1-6H3,(H,34,38). The lowest BCUT2D eigenvalue weighted by molar-refractivity contribution is -0.124. The molecule has 2 amide bonds. The van der Waals surface area contributed by atoms with Crippen molar-refractivity contribution in [1.82, 2.24) is 4.90 Å². The van der Waals surface area contributed by atoms with Gasteiger partial charge in [-0.05, 0) is 101 Å². The zero-order valence-corrected chi connectivity index (χ0v) is 25.7. The third-order valence-electron chi connectivity index (χ3n) is 8.89. The summed E-state index contributed by atoms with van der Waals surface area (Å²) in [5.41, 5.74) is 4.92. The van der Waals surface area contributed by atoms with Crippen molar-refractivity contribution in [3.63, 3.8) is 0 Å². The zero-order valence-electron chi connectivity index (χ0n) is 25.7. The van der Waals surface area contributed by atoms with Crippen LogP contribution in [-0.2, 0) is 24.4 Å². The number of piperidine rings is 1. The summed E-state index contributed by atoms with van der Waals surface area (Å²) in [6.07, 6.45) is 2.65. The number of rotatable bonds is 5. The van der Waals surface area contributed by atoms with E-state index in [1.165, 1.54) is 7.11 Å². The molecule has 2 aromatic rings. The van der Waals surface area contributed by atoms with Gasteiger partial charge in [0.15, 0.2) is 0 Å². The Balaban J connectivity index is 1.46. The van der Waals surface area contributed by atoms with Gasteiger partial charge in [-0.15, -0.1) is 0 Å². The molecule has 3 aliphatic rings. The van der Waals surface area contributed by atoms with E-state index in [9.17, 15) is 14.4 Å². The number of benzene rings is 2. The number of anilines is 2. The first kappa shape index (κ1) is 29.9. The highest BCUT2D eigenvalue weighted by atomic mass is 16.6. The predicted octanol–water partition coefficient (Wildman–Crippen LogP) is 5.67. The molecule has 9 nitrogen and oxygen atoms in total. The van der Waals surface area contributed by atoms with Gasteiger partial charge >= 0.3 is 12.1 Å². The Bertz CT molecular complexity index is 1370. The van der Waals surface area contributed by atoms with E-state index in [4.69, 9.17) is 14.2 Å². The van der Waals surface area contributed by atoms with Gasteiger partial charge in [0, 0.05) is 50.3 Å². The van der Waals surface area contributed by atoms with Gasteiger partial charge in [-0.25, -0.2) is 9.59 Å². The highest BCUT2D eigenvalue weighted by Crippen LogP contribution is 2.46. The number of methoxy groups -OCH3 is 1. The first-order valence-corrected chi connectivity index (χ1v) is 15.0. The van der Waals surface area contributed by atoms with Crippen molar-refractivity contribution in [2.45, 2.75) is 77.4 Å². The molecule has 1 N–H and O–H groups in total. The monoisotopic (exact) mass is 577 g/mol. The number of hydrogen-bond donors (Lipinski definition) is 1. The smallest absolute Gasteiger partial charge is 0.410 e. The minimum atomic E-state index is -0.533. The minimum absolute atomic E-state index is 0.0349. The Hall–Kier alpha value is -3.59. The first-order chi connectivity index (χ1) is 20.0. The maximum Gasteiger partial charge on any atom is 0.410 e. The largest absolute Gasteiger partial charge is 0.465 e. The van der Waals surface area contributed by atoms with E-state index < -0.39 is 11.0 Å². The maximum atomic E-state index is 13.1. The Morgan fingerprint density at radius 1 is 1.10 bits per heavy atom.